The SMILES string of the molecule is COCC(CCO)NC(=O)COc1ccccc1[N+](=O)[O-]. The lowest BCUT2D eigenvalue weighted by Gasteiger charge is -2.16. The zero-order valence-corrected chi connectivity index (χ0v) is 11.7. The van der Waals surface area contributed by atoms with Gasteiger partial charge in [0.15, 0.2) is 12.4 Å². The number of carbonyl (C=O) groups excluding carboxylic acids is 1. The zero-order chi connectivity index (χ0) is 15.7. The summed E-state index contributed by atoms with van der Waals surface area (Å²) in [6.45, 7) is -0.173. The second-order valence-corrected chi connectivity index (χ2v) is 4.25. The molecule has 0 aliphatic rings. The summed E-state index contributed by atoms with van der Waals surface area (Å²) in [7, 11) is 1.49. The number of hydrogen-bond acceptors (Lipinski definition) is 6. The Labute approximate surface area is 121 Å². The lowest BCUT2D eigenvalue weighted by molar-refractivity contribution is -0.385. The highest BCUT2D eigenvalue weighted by Crippen LogP contribution is 2.25. The van der Waals surface area contributed by atoms with E-state index in [1.165, 1.54) is 25.3 Å². The molecule has 0 fully saturated rings. The molecule has 0 saturated carbocycles. The fourth-order valence-electron chi connectivity index (χ4n) is 1.70. The van der Waals surface area contributed by atoms with Crippen molar-refractivity contribution < 1.29 is 24.3 Å². The number of rotatable bonds is 9. The summed E-state index contributed by atoms with van der Waals surface area (Å²) in [4.78, 5) is 21.9. The largest absolute Gasteiger partial charge is 0.477 e. The first-order valence-corrected chi connectivity index (χ1v) is 6.33. The number of amides is 1. The van der Waals surface area contributed by atoms with E-state index in [2.05, 4.69) is 5.32 Å². The van der Waals surface area contributed by atoms with E-state index in [9.17, 15) is 14.9 Å². The van der Waals surface area contributed by atoms with Crippen molar-refractivity contribution in [3.8, 4) is 5.75 Å². The van der Waals surface area contributed by atoms with Crippen LogP contribution in [0, 0.1) is 10.1 Å². The minimum Gasteiger partial charge on any atom is -0.477 e. The summed E-state index contributed by atoms with van der Waals surface area (Å²) in [5.74, 6) is -0.410. The number of aliphatic hydroxyl groups excluding tert-OH is 1. The molecule has 1 atom stereocenters. The molecule has 2 N–H and O–H groups in total. The van der Waals surface area contributed by atoms with Gasteiger partial charge in [0.1, 0.15) is 0 Å². The third kappa shape index (κ3) is 5.76. The highest BCUT2D eigenvalue weighted by Gasteiger charge is 2.16. The average molecular weight is 298 g/mol. The summed E-state index contributed by atoms with van der Waals surface area (Å²) in [6.07, 6.45) is 0.352. The van der Waals surface area contributed by atoms with Gasteiger partial charge in [0.05, 0.1) is 17.6 Å². The smallest absolute Gasteiger partial charge is 0.310 e. The Bertz CT molecular complexity index is 473. The van der Waals surface area contributed by atoms with Crippen molar-refractivity contribution >= 4 is 11.6 Å². The van der Waals surface area contributed by atoms with E-state index >= 15 is 0 Å². The molecule has 21 heavy (non-hydrogen) atoms. The number of methoxy groups -OCH3 is 1. The maximum Gasteiger partial charge on any atom is 0.310 e. The molecular weight excluding hydrogens is 280 g/mol. The van der Waals surface area contributed by atoms with Gasteiger partial charge >= 0.3 is 5.69 Å². The summed E-state index contributed by atoms with van der Waals surface area (Å²) in [6, 6.07) is 5.49. The Morgan fingerprint density at radius 2 is 2.19 bits per heavy atom. The molecule has 0 aliphatic carbocycles. The Balaban J connectivity index is 2.54. The Kier molecular flexibility index (Phi) is 7.13. The Morgan fingerprint density at radius 1 is 1.48 bits per heavy atom. The van der Waals surface area contributed by atoms with Gasteiger partial charge in [-0.05, 0) is 12.5 Å². The number of nitrogens with one attached hydrogen (secondary N) is 1. The second kappa shape index (κ2) is 8.88. The number of hydrogen-bond donors (Lipinski definition) is 2. The van der Waals surface area contributed by atoms with E-state index in [-0.39, 0.29) is 37.3 Å². The number of ether oxygens (including phenoxy) is 2. The lowest BCUT2D eigenvalue weighted by Crippen LogP contribution is -2.41. The van der Waals surface area contributed by atoms with Crippen LogP contribution in [0.1, 0.15) is 6.42 Å². The van der Waals surface area contributed by atoms with Gasteiger partial charge in [-0.25, -0.2) is 0 Å². The predicted molar refractivity (Wildman–Crippen MR) is 74.1 cm³/mol. The van der Waals surface area contributed by atoms with Crippen molar-refractivity contribution in [2.24, 2.45) is 0 Å². The number of nitro benzene ring substituents is 1. The van der Waals surface area contributed by atoms with Gasteiger partial charge in [0.25, 0.3) is 5.91 Å². The van der Waals surface area contributed by atoms with Crippen molar-refractivity contribution in [1.82, 2.24) is 5.32 Å². The fraction of sp³-hybridized carbons (Fsp3) is 0.462. The van der Waals surface area contributed by atoms with Crippen LogP contribution in [0.2, 0.25) is 0 Å². The first-order chi connectivity index (χ1) is 10.1. The molecule has 116 valence electrons. The number of para-hydroxylation sites is 2. The number of nitrogens with zero attached hydrogens (tertiary/aromatic N) is 1. The van der Waals surface area contributed by atoms with Crippen molar-refractivity contribution in [3.63, 3.8) is 0 Å². The summed E-state index contributed by atoms with van der Waals surface area (Å²) in [5, 5.41) is 22.3. The molecule has 1 aromatic rings. The fourth-order valence-corrected chi connectivity index (χ4v) is 1.70. The van der Waals surface area contributed by atoms with Crippen LogP contribution in [-0.4, -0.2) is 48.9 Å². The van der Waals surface area contributed by atoms with Crippen LogP contribution in [0.4, 0.5) is 5.69 Å². The van der Waals surface area contributed by atoms with E-state index in [0.29, 0.717) is 6.42 Å². The molecule has 1 rings (SSSR count). The highest BCUT2D eigenvalue weighted by molar-refractivity contribution is 5.78. The number of carbonyl (C=O) groups is 1. The molecule has 1 unspecified atom stereocenters. The van der Waals surface area contributed by atoms with Crippen LogP contribution < -0.4 is 10.1 Å². The summed E-state index contributed by atoms with van der Waals surface area (Å²) >= 11 is 0. The average Bonchev–Trinajstić information content (AvgIpc) is 2.46. The van der Waals surface area contributed by atoms with Crippen LogP contribution in [0.5, 0.6) is 5.75 Å². The number of aliphatic hydroxyl groups is 1. The quantitative estimate of drug-likeness (QED) is 0.507. The molecule has 0 radical (unpaired) electrons. The van der Waals surface area contributed by atoms with Crippen LogP contribution >= 0.6 is 0 Å². The first-order valence-electron chi connectivity index (χ1n) is 6.33. The van der Waals surface area contributed by atoms with Crippen LogP contribution in [0.3, 0.4) is 0 Å². The van der Waals surface area contributed by atoms with Gasteiger partial charge in [0, 0.05) is 19.8 Å². The monoisotopic (exact) mass is 298 g/mol. The van der Waals surface area contributed by atoms with Gasteiger partial charge in [-0.3, -0.25) is 14.9 Å². The predicted octanol–water partition coefficient (Wildman–Crippen LogP) is 0.487. The van der Waals surface area contributed by atoms with Gasteiger partial charge < -0.3 is 19.9 Å². The van der Waals surface area contributed by atoms with E-state index in [0.717, 1.165) is 0 Å². The van der Waals surface area contributed by atoms with Crippen molar-refractivity contribution in [2.75, 3.05) is 26.9 Å². The molecule has 1 aromatic carbocycles. The van der Waals surface area contributed by atoms with Gasteiger partial charge in [-0.2, -0.15) is 0 Å². The molecule has 0 saturated heterocycles. The molecule has 0 heterocycles. The van der Waals surface area contributed by atoms with Crippen LogP contribution in [0.15, 0.2) is 24.3 Å². The molecule has 8 heteroatoms. The molecule has 1 amide bonds. The molecule has 8 nitrogen and oxygen atoms in total. The Hall–Kier alpha value is -2.19. The lowest BCUT2D eigenvalue weighted by atomic mass is 10.2. The molecule has 0 spiro atoms. The van der Waals surface area contributed by atoms with Crippen molar-refractivity contribution in [3.05, 3.63) is 34.4 Å². The van der Waals surface area contributed by atoms with Gasteiger partial charge in [-0.15, -0.1) is 0 Å². The third-order valence-electron chi connectivity index (χ3n) is 2.63. The minimum atomic E-state index is -0.577. The topological polar surface area (TPSA) is 111 Å². The van der Waals surface area contributed by atoms with Crippen molar-refractivity contribution in [2.45, 2.75) is 12.5 Å². The number of benzene rings is 1. The second-order valence-electron chi connectivity index (χ2n) is 4.25. The third-order valence-corrected chi connectivity index (χ3v) is 2.63. The minimum absolute atomic E-state index is 0.0306. The zero-order valence-electron chi connectivity index (χ0n) is 11.7. The van der Waals surface area contributed by atoms with Crippen molar-refractivity contribution in [1.29, 1.82) is 0 Å². The Morgan fingerprint density at radius 3 is 2.81 bits per heavy atom. The molecule has 0 aliphatic heterocycles. The first kappa shape index (κ1) is 16.9. The van der Waals surface area contributed by atoms with Crippen LogP contribution in [-0.2, 0) is 9.53 Å². The van der Waals surface area contributed by atoms with E-state index in [4.69, 9.17) is 14.6 Å². The van der Waals surface area contributed by atoms with E-state index in [1.807, 2.05) is 0 Å². The van der Waals surface area contributed by atoms with Gasteiger partial charge in [-0.1, -0.05) is 12.1 Å². The highest BCUT2D eigenvalue weighted by atomic mass is 16.6. The van der Waals surface area contributed by atoms with E-state index in [1.54, 1.807) is 6.07 Å². The standard InChI is InChI=1S/C13H18N2O6/c1-20-8-10(6-7-16)14-13(17)9-21-12-5-3-2-4-11(12)15(18)19/h2-5,10,16H,6-9H2,1H3,(H,14,17). The molecule has 0 aromatic heterocycles. The summed E-state index contributed by atoms with van der Waals surface area (Å²) < 4.78 is 10.1. The maximum absolute atomic E-state index is 11.7. The maximum atomic E-state index is 11.7. The summed E-state index contributed by atoms with van der Waals surface area (Å²) in [5.41, 5.74) is -0.200. The van der Waals surface area contributed by atoms with Crippen LogP contribution in [0.25, 0.3) is 0 Å². The van der Waals surface area contributed by atoms with Gasteiger partial charge in [0.2, 0.25) is 0 Å². The normalized spacial score (nSPS) is 11.7. The molecule has 0 bridgehead atoms. The van der Waals surface area contributed by atoms with E-state index < -0.39 is 10.8 Å². The number of nitro groups is 1. The molecular formula is C13H18N2O6.